The third kappa shape index (κ3) is 7.98. The molecule has 0 radical (unpaired) electrons. The van der Waals surface area contributed by atoms with Crippen LogP contribution in [0.2, 0.25) is 0 Å². The number of hydrogen-bond acceptors (Lipinski definition) is 5. The number of rotatable bonds is 9. The van der Waals surface area contributed by atoms with Crippen molar-refractivity contribution in [2.75, 3.05) is 27.2 Å². The Balaban J connectivity index is 0.00000392. The molecular formula is C21H27ClN2O4. The smallest absolute Gasteiger partial charge is 0.410 e. The fourth-order valence-electron chi connectivity index (χ4n) is 2.41. The van der Waals surface area contributed by atoms with E-state index in [1.165, 1.54) is 4.90 Å². The molecular weight excluding hydrogens is 380 g/mol. The van der Waals surface area contributed by atoms with Gasteiger partial charge in [-0.3, -0.25) is 0 Å². The van der Waals surface area contributed by atoms with Gasteiger partial charge in [0, 0.05) is 26.6 Å². The van der Waals surface area contributed by atoms with E-state index in [2.05, 4.69) is 5.32 Å². The Kier molecular flexibility index (Phi) is 10.7. The van der Waals surface area contributed by atoms with Gasteiger partial charge in [0.2, 0.25) is 6.10 Å². The molecule has 0 aliphatic carbocycles. The predicted octanol–water partition coefficient (Wildman–Crippen LogP) is 3.05. The zero-order valence-electron chi connectivity index (χ0n) is 16.2. The normalized spacial score (nSPS) is 11.1. The standard InChI is InChI=1S/C21H26N2O4.ClH/c1-22-13-14-23(2)21(25)27-19(15-17-9-5-3-6-10-17)20(24)26-16-18-11-7-4-8-12-18;/h3-12,19,22H,13-16H2,1-2H3;1H/t19-;/m0./s1. The highest BCUT2D eigenvalue weighted by molar-refractivity contribution is 5.85. The maximum atomic E-state index is 12.6. The Bertz CT molecular complexity index is 713. The summed E-state index contributed by atoms with van der Waals surface area (Å²) >= 11 is 0. The third-order valence-electron chi connectivity index (χ3n) is 4.00. The van der Waals surface area contributed by atoms with E-state index in [1.807, 2.05) is 60.7 Å². The number of esters is 1. The topological polar surface area (TPSA) is 67.9 Å². The minimum Gasteiger partial charge on any atom is -0.458 e. The second-order valence-electron chi connectivity index (χ2n) is 6.18. The largest absolute Gasteiger partial charge is 0.458 e. The van der Waals surface area contributed by atoms with Crippen molar-refractivity contribution in [1.29, 1.82) is 0 Å². The first kappa shape index (κ1) is 23.5. The van der Waals surface area contributed by atoms with Gasteiger partial charge in [-0.25, -0.2) is 9.59 Å². The summed E-state index contributed by atoms with van der Waals surface area (Å²) in [6, 6.07) is 18.8. The molecule has 0 aliphatic heterocycles. The van der Waals surface area contributed by atoms with Gasteiger partial charge in [-0.1, -0.05) is 60.7 Å². The van der Waals surface area contributed by atoms with Gasteiger partial charge in [-0.05, 0) is 18.2 Å². The average Bonchev–Trinajstić information content (AvgIpc) is 2.71. The summed E-state index contributed by atoms with van der Waals surface area (Å²) in [7, 11) is 3.44. The molecule has 2 aromatic carbocycles. The van der Waals surface area contributed by atoms with Gasteiger partial charge in [0.25, 0.3) is 0 Å². The molecule has 2 aromatic rings. The van der Waals surface area contributed by atoms with E-state index < -0.39 is 18.2 Å². The van der Waals surface area contributed by atoms with E-state index >= 15 is 0 Å². The number of carbonyl (C=O) groups excluding carboxylic acids is 2. The van der Waals surface area contributed by atoms with Crippen LogP contribution in [0.5, 0.6) is 0 Å². The van der Waals surface area contributed by atoms with Gasteiger partial charge < -0.3 is 19.7 Å². The van der Waals surface area contributed by atoms with E-state index in [1.54, 1.807) is 14.1 Å². The van der Waals surface area contributed by atoms with Crippen molar-refractivity contribution in [3.05, 3.63) is 71.8 Å². The molecule has 1 N–H and O–H groups in total. The van der Waals surface area contributed by atoms with Gasteiger partial charge in [0.1, 0.15) is 6.61 Å². The minimum atomic E-state index is -0.999. The molecule has 152 valence electrons. The Morgan fingerprint density at radius 3 is 2.14 bits per heavy atom. The first-order valence-corrected chi connectivity index (χ1v) is 8.91. The lowest BCUT2D eigenvalue weighted by Gasteiger charge is -2.22. The van der Waals surface area contributed by atoms with Crippen molar-refractivity contribution in [1.82, 2.24) is 10.2 Å². The molecule has 7 heteroatoms. The summed E-state index contributed by atoms with van der Waals surface area (Å²) in [5.41, 5.74) is 1.77. The second-order valence-corrected chi connectivity index (χ2v) is 6.18. The van der Waals surface area contributed by atoms with Gasteiger partial charge in [0.15, 0.2) is 0 Å². The fourth-order valence-corrected chi connectivity index (χ4v) is 2.41. The number of nitrogens with one attached hydrogen (secondary N) is 1. The highest BCUT2D eigenvalue weighted by Crippen LogP contribution is 2.11. The Labute approximate surface area is 172 Å². The summed E-state index contributed by atoms with van der Waals surface area (Å²) in [6.45, 7) is 1.25. The van der Waals surface area contributed by atoms with Crippen LogP contribution in [-0.2, 0) is 27.3 Å². The number of halogens is 1. The van der Waals surface area contributed by atoms with Crippen LogP contribution in [0.1, 0.15) is 11.1 Å². The number of benzene rings is 2. The second kappa shape index (κ2) is 12.8. The number of carbonyl (C=O) groups is 2. The van der Waals surface area contributed by atoms with Crippen LogP contribution in [0.25, 0.3) is 0 Å². The van der Waals surface area contributed by atoms with E-state index in [4.69, 9.17) is 9.47 Å². The summed E-state index contributed by atoms with van der Waals surface area (Å²) in [4.78, 5) is 26.3. The lowest BCUT2D eigenvalue weighted by Crippen LogP contribution is -2.39. The Hall–Kier alpha value is -2.57. The van der Waals surface area contributed by atoms with Gasteiger partial charge in [0.05, 0.1) is 0 Å². The predicted molar refractivity (Wildman–Crippen MR) is 110 cm³/mol. The summed E-state index contributed by atoms with van der Waals surface area (Å²) in [5.74, 6) is -0.557. The van der Waals surface area contributed by atoms with Gasteiger partial charge >= 0.3 is 12.1 Å². The first-order chi connectivity index (χ1) is 13.1. The molecule has 0 heterocycles. The monoisotopic (exact) mass is 406 g/mol. The molecule has 0 fully saturated rings. The maximum absolute atomic E-state index is 12.6. The quantitative estimate of drug-likeness (QED) is 0.648. The lowest BCUT2D eigenvalue weighted by molar-refractivity contribution is -0.155. The first-order valence-electron chi connectivity index (χ1n) is 8.91. The van der Waals surface area contributed by atoms with Crippen molar-refractivity contribution in [3.63, 3.8) is 0 Å². The lowest BCUT2D eigenvalue weighted by atomic mass is 10.1. The number of hydrogen-bond donors (Lipinski definition) is 1. The summed E-state index contributed by atoms with van der Waals surface area (Å²) in [5, 5.41) is 2.97. The molecule has 0 aliphatic rings. The molecule has 2 rings (SSSR count). The molecule has 0 saturated carbocycles. The number of likely N-dealkylation sites (N-methyl/N-ethyl adjacent to an activating group) is 2. The van der Waals surface area contributed by atoms with E-state index in [9.17, 15) is 9.59 Å². The van der Waals surface area contributed by atoms with Crippen molar-refractivity contribution in [3.8, 4) is 0 Å². The van der Waals surface area contributed by atoms with E-state index in [-0.39, 0.29) is 25.4 Å². The van der Waals surface area contributed by atoms with Crippen LogP contribution >= 0.6 is 12.4 Å². The minimum absolute atomic E-state index is 0. The van der Waals surface area contributed by atoms with Crippen molar-refractivity contribution in [2.45, 2.75) is 19.1 Å². The molecule has 0 bridgehead atoms. The third-order valence-corrected chi connectivity index (χ3v) is 4.00. The Morgan fingerprint density at radius 2 is 1.57 bits per heavy atom. The van der Waals surface area contributed by atoms with Crippen LogP contribution < -0.4 is 5.32 Å². The molecule has 1 amide bonds. The van der Waals surface area contributed by atoms with E-state index in [0.717, 1.165) is 11.1 Å². The molecule has 0 unspecified atom stereocenters. The van der Waals surface area contributed by atoms with Gasteiger partial charge in [-0.15, -0.1) is 12.4 Å². The zero-order valence-corrected chi connectivity index (χ0v) is 17.0. The van der Waals surface area contributed by atoms with Crippen LogP contribution in [-0.4, -0.2) is 50.3 Å². The summed E-state index contributed by atoms with van der Waals surface area (Å²) in [6.07, 6.45) is -1.29. The van der Waals surface area contributed by atoms with Crippen LogP contribution in [0.4, 0.5) is 4.79 Å². The van der Waals surface area contributed by atoms with Crippen molar-refractivity contribution < 1.29 is 19.1 Å². The zero-order chi connectivity index (χ0) is 19.5. The van der Waals surface area contributed by atoms with Crippen molar-refractivity contribution >= 4 is 24.5 Å². The maximum Gasteiger partial charge on any atom is 0.410 e. The Morgan fingerprint density at radius 1 is 1.00 bits per heavy atom. The van der Waals surface area contributed by atoms with Gasteiger partial charge in [-0.2, -0.15) is 0 Å². The molecule has 0 spiro atoms. The fraction of sp³-hybridized carbons (Fsp3) is 0.333. The summed E-state index contributed by atoms with van der Waals surface area (Å²) < 4.78 is 10.8. The van der Waals surface area contributed by atoms with Crippen LogP contribution in [0.3, 0.4) is 0 Å². The van der Waals surface area contributed by atoms with Crippen LogP contribution in [0, 0.1) is 0 Å². The molecule has 6 nitrogen and oxygen atoms in total. The number of nitrogens with zero attached hydrogens (tertiary/aromatic N) is 1. The highest BCUT2D eigenvalue weighted by atomic mass is 35.5. The van der Waals surface area contributed by atoms with Crippen molar-refractivity contribution in [2.24, 2.45) is 0 Å². The highest BCUT2D eigenvalue weighted by Gasteiger charge is 2.26. The van der Waals surface area contributed by atoms with E-state index in [0.29, 0.717) is 13.1 Å². The SMILES string of the molecule is CNCCN(C)C(=O)O[C@@H](Cc1ccccc1)C(=O)OCc1ccccc1.Cl. The molecule has 1 atom stereocenters. The number of amides is 1. The van der Waals surface area contributed by atoms with Crippen LogP contribution in [0.15, 0.2) is 60.7 Å². The molecule has 0 saturated heterocycles. The number of ether oxygens (including phenoxy) is 2. The molecule has 0 aromatic heterocycles. The average molecular weight is 407 g/mol. The molecule has 28 heavy (non-hydrogen) atoms.